The number of morpholine rings is 1. The summed E-state index contributed by atoms with van der Waals surface area (Å²) >= 11 is 3.29. The molecule has 0 bridgehead atoms. The molecule has 0 aliphatic carbocycles. The van der Waals surface area contributed by atoms with Gasteiger partial charge < -0.3 is 9.47 Å². The van der Waals surface area contributed by atoms with E-state index in [9.17, 15) is 8.42 Å². The van der Waals surface area contributed by atoms with Crippen molar-refractivity contribution in [3.05, 3.63) is 16.7 Å². The summed E-state index contributed by atoms with van der Waals surface area (Å²) < 4.78 is 39.2. The highest BCUT2D eigenvalue weighted by molar-refractivity contribution is 9.10. The number of nitrogens with zero attached hydrogens (tertiary/aromatic N) is 3. The van der Waals surface area contributed by atoms with E-state index in [1.807, 2.05) is 0 Å². The van der Waals surface area contributed by atoms with Crippen molar-refractivity contribution < 1.29 is 17.9 Å². The third kappa shape index (κ3) is 5.85. The van der Waals surface area contributed by atoms with Crippen LogP contribution in [0.2, 0.25) is 0 Å². The fourth-order valence-electron chi connectivity index (χ4n) is 2.13. The van der Waals surface area contributed by atoms with Gasteiger partial charge in [-0.15, -0.1) is 0 Å². The molecule has 1 fully saturated rings. The quantitative estimate of drug-likeness (QED) is 0.632. The summed E-state index contributed by atoms with van der Waals surface area (Å²) in [6.45, 7) is 4.79. The number of hydrogen-bond acceptors (Lipinski definition) is 6. The molecule has 1 saturated heterocycles. The lowest BCUT2D eigenvalue weighted by Crippen LogP contribution is -2.37. The van der Waals surface area contributed by atoms with E-state index < -0.39 is 10.2 Å². The van der Waals surface area contributed by atoms with Crippen LogP contribution in [0.25, 0.3) is 0 Å². The van der Waals surface area contributed by atoms with Crippen molar-refractivity contribution in [3.63, 3.8) is 0 Å². The lowest BCUT2D eigenvalue weighted by molar-refractivity contribution is 0.0357. The Bertz CT molecular complexity index is 636. The van der Waals surface area contributed by atoms with Crippen LogP contribution in [0.4, 0.5) is 5.69 Å². The lowest BCUT2D eigenvalue weighted by atomic mass is 10.3. The Morgan fingerprint density at radius 3 is 2.79 bits per heavy atom. The topological polar surface area (TPSA) is 84.0 Å². The molecule has 0 aromatic carbocycles. The monoisotopic (exact) mass is 422 g/mol. The Balaban J connectivity index is 1.92. The molecule has 1 aliphatic heterocycles. The molecule has 1 aromatic rings. The van der Waals surface area contributed by atoms with Crippen molar-refractivity contribution in [2.45, 2.75) is 6.42 Å². The standard InChI is InChI=1S/C14H23BrN4O4S/c1-18(2)24(20,21)17-13-10-12(15)11-16-14(13)23-7-3-4-19-5-8-22-9-6-19/h10-11,17H,3-9H2,1-2H3. The van der Waals surface area contributed by atoms with E-state index in [1.54, 1.807) is 12.3 Å². The van der Waals surface area contributed by atoms with E-state index in [4.69, 9.17) is 9.47 Å². The van der Waals surface area contributed by atoms with Gasteiger partial charge in [-0.2, -0.15) is 12.7 Å². The molecule has 2 heterocycles. The smallest absolute Gasteiger partial charge is 0.301 e. The molecule has 0 saturated carbocycles. The molecular weight excluding hydrogens is 400 g/mol. The molecule has 0 radical (unpaired) electrons. The molecule has 0 spiro atoms. The number of nitrogens with one attached hydrogen (secondary N) is 1. The Morgan fingerprint density at radius 1 is 1.42 bits per heavy atom. The summed E-state index contributed by atoms with van der Waals surface area (Å²) in [5, 5.41) is 0. The van der Waals surface area contributed by atoms with Gasteiger partial charge in [0.1, 0.15) is 5.69 Å². The Kier molecular flexibility index (Phi) is 7.23. The Labute approximate surface area is 151 Å². The Morgan fingerprint density at radius 2 is 2.12 bits per heavy atom. The minimum atomic E-state index is -3.62. The summed E-state index contributed by atoms with van der Waals surface area (Å²) in [5.41, 5.74) is 0.310. The molecule has 1 aliphatic rings. The number of rotatable bonds is 8. The summed E-state index contributed by atoms with van der Waals surface area (Å²) in [6.07, 6.45) is 2.41. The van der Waals surface area contributed by atoms with Gasteiger partial charge in [-0.3, -0.25) is 9.62 Å². The van der Waals surface area contributed by atoms with Crippen LogP contribution in [0.3, 0.4) is 0 Å². The van der Waals surface area contributed by atoms with Crippen molar-refractivity contribution in [1.82, 2.24) is 14.2 Å². The highest BCUT2D eigenvalue weighted by Gasteiger charge is 2.17. The number of halogens is 1. The minimum absolute atomic E-state index is 0.269. The van der Waals surface area contributed by atoms with Crippen molar-refractivity contribution in [2.75, 3.05) is 58.3 Å². The summed E-state index contributed by atoms with van der Waals surface area (Å²) in [7, 11) is -0.708. The van der Waals surface area contributed by atoms with Gasteiger partial charge in [0.2, 0.25) is 5.88 Å². The fourth-order valence-corrected chi connectivity index (χ4v) is 3.06. The molecule has 0 atom stereocenters. The van der Waals surface area contributed by atoms with Crippen LogP contribution in [0.1, 0.15) is 6.42 Å². The molecule has 0 amide bonds. The van der Waals surface area contributed by atoms with Gasteiger partial charge in [-0.1, -0.05) is 0 Å². The number of pyridine rings is 1. The first kappa shape index (κ1) is 19.4. The number of aromatic nitrogens is 1. The van der Waals surface area contributed by atoms with Crippen LogP contribution >= 0.6 is 15.9 Å². The predicted octanol–water partition coefficient (Wildman–Crippen LogP) is 1.16. The highest BCUT2D eigenvalue weighted by atomic mass is 79.9. The van der Waals surface area contributed by atoms with Crippen molar-refractivity contribution in [3.8, 4) is 5.88 Å². The second-order valence-corrected chi connectivity index (χ2v) is 8.35. The zero-order chi connectivity index (χ0) is 17.6. The van der Waals surface area contributed by atoms with E-state index in [0.717, 1.165) is 43.6 Å². The Hall–Kier alpha value is -0.940. The van der Waals surface area contributed by atoms with Crippen LogP contribution in [0, 0.1) is 0 Å². The third-order valence-electron chi connectivity index (χ3n) is 3.50. The molecule has 1 aromatic heterocycles. The van der Waals surface area contributed by atoms with E-state index in [-0.39, 0.29) is 5.88 Å². The second-order valence-electron chi connectivity index (χ2n) is 5.55. The minimum Gasteiger partial charge on any atom is -0.476 e. The van der Waals surface area contributed by atoms with Gasteiger partial charge in [0.15, 0.2) is 0 Å². The molecule has 8 nitrogen and oxygen atoms in total. The highest BCUT2D eigenvalue weighted by Crippen LogP contribution is 2.26. The number of ether oxygens (including phenoxy) is 2. The first-order valence-electron chi connectivity index (χ1n) is 7.67. The first-order chi connectivity index (χ1) is 11.4. The maximum absolute atomic E-state index is 12.0. The number of hydrogen-bond donors (Lipinski definition) is 1. The van der Waals surface area contributed by atoms with Crippen LogP contribution in [-0.4, -0.2) is 76.2 Å². The normalized spacial score (nSPS) is 16.3. The number of anilines is 1. The summed E-state index contributed by atoms with van der Waals surface area (Å²) in [6, 6.07) is 1.63. The molecular formula is C14H23BrN4O4S. The first-order valence-corrected chi connectivity index (χ1v) is 9.90. The molecule has 136 valence electrons. The SMILES string of the molecule is CN(C)S(=O)(=O)Nc1cc(Br)cnc1OCCCN1CCOCC1. The van der Waals surface area contributed by atoms with E-state index in [1.165, 1.54) is 14.1 Å². The molecule has 24 heavy (non-hydrogen) atoms. The van der Waals surface area contributed by atoms with Crippen molar-refractivity contribution in [1.29, 1.82) is 0 Å². The van der Waals surface area contributed by atoms with Gasteiger partial charge in [0.25, 0.3) is 0 Å². The van der Waals surface area contributed by atoms with Gasteiger partial charge in [-0.05, 0) is 28.4 Å². The van der Waals surface area contributed by atoms with E-state index in [0.29, 0.717) is 16.8 Å². The van der Waals surface area contributed by atoms with Crippen LogP contribution in [-0.2, 0) is 14.9 Å². The fraction of sp³-hybridized carbons (Fsp3) is 0.643. The summed E-state index contributed by atoms with van der Waals surface area (Å²) in [4.78, 5) is 6.47. The lowest BCUT2D eigenvalue weighted by Gasteiger charge is -2.26. The van der Waals surface area contributed by atoms with Gasteiger partial charge in [-0.25, -0.2) is 4.98 Å². The second kappa shape index (κ2) is 8.95. The zero-order valence-electron chi connectivity index (χ0n) is 13.9. The van der Waals surface area contributed by atoms with Crippen LogP contribution in [0.15, 0.2) is 16.7 Å². The predicted molar refractivity (Wildman–Crippen MR) is 95.5 cm³/mol. The van der Waals surface area contributed by atoms with E-state index in [2.05, 4.69) is 30.5 Å². The zero-order valence-corrected chi connectivity index (χ0v) is 16.3. The molecule has 1 N–H and O–H groups in total. The van der Waals surface area contributed by atoms with Gasteiger partial charge >= 0.3 is 10.2 Å². The maximum atomic E-state index is 12.0. The largest absolute Gasteiger partial charge is 0.476 e. The molecule has 10 heteroatoms. The third-order valence-corrected chi connectivity index (χ3v) is 5.37. The maximum Gasteiger partial charge on any atom is 0.301 e. The van der Waals surface area contributed by atoms with Crippen molar-refractivity contribution in [2.24, 2.45) is 0 Å². The van der Waals surface area contributed by atoms with E-state index >= 15 is 0 Å². The van der Waals surface area contributed by atoms with Crippen LogP contribution < -0.4 is 9.46 Å². The average Bonchev–Trinajstić information content (AvgIpc) is 2.53. The van der Waals surface area contributed by atoms with Crippen LogP contribution in [0.5, 0.6) is 5.88 Å². The van der Waals surface area contributed by atoms with Gasteiger partial charge in [0.05, 0.1) is 19.8 Å². The summed E-state index contributed by atoms with van der Waals surface area (Å²) in [5.74, 6) is 0.269. The van der Waals surface area contributed by atoms with Gasteiger partial charge in [0, 0.05) is 44.4 Å². The average molecular weight is 423 g/mol. The molecule has 2 rings (SSSR count). The molecule has 0 unspecified atom stereocenters. The van der Waals surface area contributed by atoms with Crippen molar-refractivity contribution >= 4 is 31.8 Å².